The zero-order valence-electron chi connectivity index (χ0n) is 18.7. The molecule has 0 spiro atoms. The summed E-state index contributed by atoms with van der Waals surface area (Å²) in [5.74, 6) is 1.40. The van der Waals surface area contributed by atoms with E-state index in [1.54, 1.807) is 7.11 Å². The molecule has 3 heterocycles. The Morgan fingerprint density at radius 1 is 0.618 bits per heavy atom. The molecule has 3 fully saturated rings. The molecule has 0 amide bonds. The number of hydrogen-bond acceptors (Lipinski definition) is 7. The molecule has 3 aliphatic rings. The van der Waals surface area contributed by atoms with Crippen molar-refractivity contribution in [2.75, 3.05) is 13.7 Å². The SMILES string of the molecule is COc1ccc(O[C@@H]2O[C@@H]3CO[C@H](c4ccccc4)O[C@H]3[C@@H]3O[C@@H](c4ccccc4)O[C@H]23)cc1. The van der Waals surface area contributed by atoms with Gasteiger partial charge in [-0.15, -0.1) is 0 Å². The summed E-state index contributed by atoms with van der Waals surface area (Å²) in [6.45, 7) is 0.356. The van der Waals surface area contributed by atoms with Crippen molar-refractivity contribution in [3.63, 3.8) is 0 Å². The Labute approximate surface area is 198 Å². The summed E-state index contributed by atoms with van der Waals surface area (Å²) < 4.78 is 43.0. The van der Waals surface area contributed by atoms with Gasteiger partial charge in [0.25, 0.3) is 0 Å². The predicted octanol–water partition coefficient (Wildman–Crippen LogP) is 4.40. The van der Waals surface area contributed by atoms with Gasteiger partial charge in [0.1, 0.15) is 29.8 Å². The average Bonchev–Trinajstić information content (AvgIpc) is 3.36. The number of rotatable bonds is 5. The van der Waals surface area contributed by atoms with E-state index >= 15 is 0 Å². The lowest BCUT2D eigenvalue weighted by molar-refractivity contribution is -0.335. The molecule has 0 aromatic heterocycles. The molecule has 3 aliphatic heterocycles. The molecule has 34 heavy (non-hydrogen) atoms. The highest BCUT2D eigenvalue weighted by Gasteiger charge is 2.57. The van der Waals surface area contributed by atoms with Crippen molar-refractivity contribution in [3.05, 3.63) is 96.1 Å². The monoisotopic (exact) mass is 462 g/mol. The lowest BCUT2D eigenvalue weighted by Crippen LogP contribution is -2.61. The van der Waals surface area contributed by atoms with Crippen LogP contribution in [0.3, 0.4) is 0 Å². The first kappa shape index (κ1) is 21.6. The van der Waals surface area contributed by atoms with Gasteiger partial charge in [0.2, 0.25) is 6.29 Å². The number of benzene rings is 3. The van der Waals surface area contributed by atoms with Crippen molar-refractivity contribution in [3.8, 4) is 11.5 Å². The van der Waals surface area contributed by atoms with E-state index in [9.17, 15) is 0 Å². The Balaban J connectivity index is 1.26. The zero-order valence-corrected chi connectivity index (χ0v) is 18.7. The van der Waals surface area contributed by atoms with Crippen LogP contribution in [0.2, 0.25) is 0 Å². The van der Waals surface area contributed by atoms with Gasteiger partial charge in [0, 0.05) is 11.1 Å². The van der Waals surface area contributed by atoms with Crippen LogP contribution in [0.5, 0.6) is 11.5 Å². The van der Waals surface area contributed by atoms with E-state index in [1.807, 2.05) is 84.9 Å². The Morgan fingerprint density at radius 3 is 1.88 bits per heavy atom. The third kappa shape index (κ3) is 4.17. The van der Waals surface area contributed by atoms with Gasteiger partial charge in [-0.05, 0) is 24.3 Å². The first-order valence-corrected chi connectivity index (χ1v) is 11.4. The van der Waals surface area contributed by atoms with E-state index < -0.39 is 25.0 Å². The van der Waals surface area contributed by atoms with Gasteiger partial charge in [-0.1, -0.05) is 60.7 Å². The lowest BCUT2D eigenvalue weighted by Gasteiger charge is -2.45. The number of hydrogen-bond donors (Lipinski definition) is 0. The van der Waals surface area contributed by atoms with Crippen LogP contribution in [0.1, 0.15) is 23.7 Å². The molecular weight excluding hydrogens is 436 g/mol. The summed E-state index contributed by atoms with van der Waals surface area (Å²) in [7, 11) is 1.63. The first-order chi connectivity index (χ1) is 16.8. The Bertz CT molecular complexity index is 1080. The summed E-state index contributed by atoms with van der Waals surface area (Å²) in [5, 5.41) is 0. The van der Waals surface area contributed by atoms with Gasteiger partial charge in [-0.25, -0.2) is 0 Å². The molecule has 0 aliphatic carbocycles. The standard InChI is InChI=1S/C27H26O7/c1-28-19-12-14-20(15-13-19)30-27-24-23(33-26(34-24)18-10-6-3-7-11-18)22-21(31-27)16-29-25(32-22)17-8-4-2-5-9-17/h2-15,21-27H,16H2,1H3/t21-,22-,23+,24+,25+,26-,27-/m1/s1. The van der Waals surface area contributed by atoms with Crippen LogP contribution in [0, 0.1) is 0 Å². The molecule has 3 aromatic rings. The molecule has 7 atom stereocenters. The summed E-state index contributed by atoms with van der Waals surface area (Å²) in [5.41, 5.74) is 1.89. The third-order valence-electron chi connectivity index (χ3n) is 6.30. The van der Waals surface area contributed by atoms with E-state index in [1.165, 1.54) is 0 Å². The third-order valence-corrected chi connectivity index (χ3v) is 6.30. The van der Waals surface area contributed by atoms with E-state index in [0.29, 0.717) is 12.4 Å². The molecule has 176 valence electrons. The normalized spacial score (nSPS) is 32.4. The van der Waals surface area contributed by atoms with Crippen LogP contribution in [0.15, 0.2) is 84.9 Å². The second-order valence-electron chi connectivity index (χ2n) is 8.46. The van der Waals surface area contributed by atoms with Crippen LogP contribution >= 0.6 is 0 Å². The molecule has 3 aromatic carbocycles. The maximum atomic E-state index is 6.43. The van der Waals surface area contributed by atoms with Crippen LogP contribution in [-0.2, 0) is 23.7 Å². The fourth-order valence-electron chi connectivity index (χ4n) is 4.59. The molecule has 0 bridgehead atoms. The minimum absolute atomic E-state index is 0.356. The largest absolute Gasteiger partial charge is 0.497 e. The highest BCUT2D eigenvalue weighted by atomic mass is 16.8. The van der Waals surface area contributed by atoms with Crippen LogP contribution in [-0.4, -0.2) is 44.4 Å². The van der Waals surface area contributed by atoms with Gasteiger partial charge in [-0.3, -0.25) is 0 Å². The lowest BCUT2D eigenvalue weighted by atomic mass is 9.98. The predicted molar refractivity (Wildman–Crippen MR) is 121 cm³/mol. The highest BCUT2D eigenvalue weighted by Crippen LogP contribution is 2.43. The van der Waals surface area contributed by atoms with Crippen LogP contribution < -0.4 is 9.47 Å². The number of ether oxygens (including phenoxy) is 7. The maximum Gasteiger partial charge on any atom is 0.229 e. The molecule has 7 nitrogen and oxygen atoms in total. The zero-order chi connectivity index (χ0) is 22.9. The molecule has 6 rings (SSSR count). The van der Waals surface area contributed by atoms with Crippen molar-refractivity contribution in [1.82, 2.24) is 0 Å². The van der Waals surface area contributed by atoms with Crippen molar-refractivity contribution in [2.24, 2.45) is 0 Å². The van der Waals surface area contributed by atoms with Crippen molar-refractivity contribution < 1.29 is 33.2 Å². The smallest absolute Gasteiger partial charge is 0.229 e. The molecule has 3 saturated heterocycles. The second-order valence-corrected chi connectivity index (χ2v) is 8.46. The van der Waals surface area contributed by atoms with E-state index in [0.717, 1.165) is 16.9 Å². The molecule has 0 N–H and O–H groups in total. The second kappa shape index (κ2) is 9.37. The van der Waals surface area contributed by atoms with Crippen LogP contribution in [0.25, 0.3) is 0 Å². The molecule has 0 radical (unpaired) electrons. The van der Waals surface area contributed by atoms with E-state index in [-0.39, 0.29) is 18.3 Å². The minimum Gasteiger partial charge on any atom is -0.497 e. The highest BCUT2D eigenvalue weighted by molar-refractivity contribution is 5.31. The molecule has 0 unspecified atom stereocenters. The first-order valence-electron chi connectivity index (χ1n) is 11.4. The number of methoxy groups -OCH3 is 1. The Hall–Kier alpha value is -2.94. The quantitative estimate of drug-likeness (QED) is 0.557. The van der Waals surface area contributed by atoms with Gasteiger partial charge >= 0.3 is 0 Å². The maximum absolute atomic E-state index is 6.43. The molecule has 7 heteroatoms. The Morgan fingerprint density at radius 2 is 1.21 bits per heavy atom. The van der Waals surface area contributed by atoms with Gasteiger partial charge in [0.15, 0.2) is 18.7 Å². The Kier molecular flexibility index (Phi) is 5.95. The summed E-state index contributed by atoms with van der Waals surface area (Å²) in [6.07, 6.45) is -3.32. The summed E-state index contributed by atoms with van der Waals surface area (Å²) >= 11 is 0. The molecule has 0 saturated carbocycles. The molecular formula is C27H26O7. The number of fused-ring (bicyclic) bond motifs is 3. The van der Waals surface area contributed by atoms with Crippen molar-refractivity contribution in [2.45, 2.75) is 43.3 Å². The van der Waals surface area contributed by atoms with Crippen molar-refractivity contribution in [1.29, 1.82) is 0 Å². The summed E-state index contributed by atoms with van der Waals surface area (Å²) in [4.78, 5) is 0. The van der Waals surface area contributed by atoms with Crippen LogP contribution in [0.4, 0.5) is 0 Å². The van der Waals surface area contributed by atoms with E-state index in [4.69, 9.17) is 33.2 Å². The summed E-state index contributed by atoms with van der Waals surface area (Å²) in [6, 6.07) is 27.1. The van der Waals surface area contributed by atoms with Gasteiger partial charge < -0.3 is 33.2 Å². The van der Waals surface area contributed by atoms with Gasteiger partial charge in [0.05, 0.1) is 13.7 Å². The topological polar surface area (TPSA) is 64.6 Å². The van der Waals surface area contributed by atoms with Gasteiger partial charge in [-0.2, -0.15) is 0 Å². The van der Waals surface area contributed by atoms with Crippen molar-refractivity contribution >= 4 is 0 Å². The fraction of sp³-hybridized carbons (Fsp3) is 0.333. The fourth-order valence-corrected chi connectivity index (χ4v) is 4.59. The van der Waals surface area contributed by atoms with E-state index in [2.05, 4.69) is 0 Å². The average molecular weight is 462 g/mol. The minimum atomic E-state index is -0.686.